The van der Waals surface area contributed by atoms with Gasteiger partial charge in [0.2, 0.25) is 0 Å². The molecule has 0 unspecified atom stereocenters. The molecule has 0 spiro atoms. The third-order valence-electron chi connectivity index (χ3n) is 3.42. The van der Waals surface area contributed by atoms with E-state index in [0.717, 1.165) is 16.9 Å². The van der Waals surface area contributed by atoms with Gasteiger partial charge in [-0.3, -0.25) is 0 Å². The first-order valence-electron chi connectivity index (χ1n) is 7.74. The van der Waals surface area contributed by atoms with Crippen LogP contribution in [0.15, 0.2) is 53.7 Å². The summed E-state index contributed by atoms with van der Waals surface area (Å²) >= 11 is 0. The lowest BCUT2D eigenvalue weighted by Gasteiger charge is -2.12. The Balaban J connectivity index is 2.11. The number of esters is 1. The topological polar surface area (TPSA) is 57.1 Å². The van der Waals surface area contributed by atoms with Crippen molar-refractivity contribution in [3.63, 3.8) is 0 Å². The Bertz CT molecular complexity index is 725. The number of ether oxygens (including phenoxy) is 2. The van der Waals surface area contributed by atoms with Crippen LogP contribution in [0.1, 0.15) is 24.5 Å². The molecular weight excluding hydrogens is 306 g/mol. The minimum atomic E-state index is -0.525. The monoisotopic (exact) mass is 327 g/mol. The minimum absolute atomic E-state index is 0.229. The normalized spacial score (nSPS) is 11.0. The fraction of sp³-hybridized carbons (Fsp3) is 0.263. The van der Waals surface area contributed by atoms with Gasteiger partial charge in [0.1, 0.15) is 25.2 Å². The summed E-state index contributed by atoms with van der Waals surface area (Å²) in [7, 11) is 1.40. The Hall–Kier alpha value is -2.82. The van der Waals surface area contributed by atoms with E-state index >= 15 is 0 Å². The molecular formula is C19H21NO4. The molecule has 0 aliphatic heterocycles. The Morgan fingerprint density at radius 3 is 2.38 bits per heavy atom. The highest BCUT2D eigenvalue weighted by molar-refractivity contribution is 6.36. The van der Waals surface area contributed by atoms with E-state index < -0.39 is 5.97 Å². The van der Waals surface area contributed by atoms with E-state index in [2.05, 4.69) is 9.99 Å². The van der Waals surface area contributed by atoms with Crippen LogP contribution in [-0.2, 0) is 16.2 Å². The second kappa shape index (κ2) is 8.72. The van der Waals surface area contributed by atoms with Crippen molar-refractivity contribution < 1.29 is 19.1 Å². The molecule has 2 aromatic rings. The molecule has 5 heteroatoms. The Morgan fingerprint density at radius 2 is 1.71 bits per heavy atom. The SMILES string of the molecule is CCC(=NOC)C(=O)Oc1ccccc1COc1ccccc1C. The summed E-state index contributed by atoms with van der Waals surface area (Å²) < 4.78 is 11.3. The number of hydrogen-bond donors (Lipinski definition) is 0. The number of para-hydroxylation sites is 2. The standard InChI is InChI=1S/C19H21NO4/c1-4-16(20-22-3)19(21)24-18-12-8-6-10-15(18)13-23-17-11-7-5-9-14(17)2/h5-12H,4,13H2,1-3H3. The van der Waals surface area contributed by atoms with Crippen LogP contribution in [0.5, 0.6) is 11.5 Å². The number of hydrogen-bond acceptors (Lipinski definition) is 5. The summed E-state index contributed by atoms with van der Waals surface area (Å²) in [5.41, 5.74) is 2.06. The first-order valence-corrected chi connectivity index (χ1v) is 7.74. The lowest BCUT2D eigenvalue weighted by atomic mass is 10.2. The summed E-state index contributed by atoms with van der Waals surface area (Å²) in [4.78, 5) is 16.8. The lowest BCUT2D eigenvalue weighted by molar-refractivity contribution is -0.127. The number of aryl methyl sites for hydroxylation is 1. The molecule has 0 atom stereocenters. The van der Waals surface area contributed by atoms with Gasteiger partial charge in [0.25, 0.3) is 0 Å². The van der Waals surface area contributed by atoms with Gasteiger partial charge >= 0.3 is 5.97 Å². The first kappa shape index (κ1) is 17.5. The molecule has 5 nitrogen and oxygen atoms in total. The summed E-state index contributed by atoms with van der Waals surface area (Å²) in [6, 6.07) is 15.0. The number of benzene rings is 2. The average Bonchev–Trinajstić information content (AvgIpc) is 2.60. The van der Waals surface area contributed by atoms with E-state index in [1.165, 1.54) is 7.11 Å². The molecule has 126 valence electrons. The van der Waals surface area contributed by atoms with Crippen molar-refractivity contribution in [2.75, 3.05) is 7.11 Å². The molecule has 0 aliphatic rings. The predicted octanol–water partition coefficient (Wildman–Crippen LogP) is 3.89. The second-order valence-electron chi connectivity index (χ2n) is 5.13. The van der Waals surface area contributed by atoms with Gasteiger partial charge in [-0.05, 0) is 31.0 Å². The summed E-state index contributed by atoms with van der Waals surface area (Å²) in [5.74, 6) is 0.727. The molecule has 0 aromatic heterocycles. The van der Waals surface area contributed by atoms with Crippen LogP contribution < -0.4 is 9.47 Å². The molecule has 0 aliphatic carbocycles. The lowest BCUT2D eigenvalue weighted by Crippen LogP contribution is -2.20. The van der Waals surface area contributed by atoms with Crippen molar-refractivity contribution in [2.45, 2.75) is 26.9 Å². The fourth-order valence-electron chi connectivity index (χ4n) is 2.11. The molecule has 0 bridgehead atoms. The maximum absolute atomic E-state index is 12.1. The average molecular weight is 327 g/mol. The van der Waals surface area contributed by atoms with Crippen molar-refractivity contribution in [2.24, 2.45) is 5.16 Å². The first-order chi connectivity index (χ1) is 11.7. The van der Waals surface area contributed by atoms with Crippen LogP contribution in [-0.4, -0.2) is 18.8 Å². The maximum Gasteiger partial charge on any atom is 0.361 e. The second-order valence-corrected chi connectivity index (χ2v) is 5.13. The van der Waals surface area contributed by atoms with E-state index in [-0.39, 0.29) is 5.71 Å². The van der Waals surface area contributed by atoms with E-state index in [9.17, 15) is 4.79 Å². The van der Waals surface area contributed by atoms with Crippen molar-refractivity contribution in [1.29, 1.82) is 0 Å². The van der Waals surface area contributed by atoms with Crippen LogP contribution in [0.25, 0.3) is 0 Å². The molecule has 0 saturated heterocycles. The van der Waals surface area contributed by atoms with Crippen LogP contribution >= 0.6 is 0 Å². The zero-order valence-corrected chi connectivity index (χ0v) is 14.1. The van der Waals surface area contributed by atoms with E-state index in [0.29, 0.717) is 18.8 Å². The number of nitrogens with zero attached hydrogens (tertiary/aromatic N) is 1. The van der Waals surface area contributed by atoms with E-state index in [1.54, 1.807) is 12.1 Å². The predicted molar refractivity (Wildman–Crippen MR) is 92.3 cm³/mol. The van der Waals surface area contributed by atoms with Gasteiger partial charge in [0, 0.05) is 5.56 Å². The van der Waals surface area contributed by atoms with Gasteiger partial charge in [-0.2, -0.15) is 0 Å². The van der Waals surface area contributed by atoms with Gasteiger partial charge in [0.15, 0.2) is 5.71 Å². The third kappa shape index (κ3) is 4.59. The largest absolute Gasteiger partial charge is 0.488 e. The van der Waals surface area contributed by atoms with Crippen LogP contribution in [0, 0.1) is 6.92 Å². The number of carbonyl (C=O) groups excluding carboxylic acids is 1. The quantitative estimate of drug-likeness (QED) is 0.335. The Morgan fingerprint density at radius 1 is 1.04 bits per heavy atom. The molecule has 0 N–H and O–H groups in total. The maximum atomic E-state index is 12.1. The van der Waals surface area contributed by atoms with Crippen LogP contribution in [0.3, 0.4) is 0 Å². The third-order valence-corrected chi connectivity index (χ3v) is 3.42. The zero-order valence-electron chi connectivity index (χ0n) is 14.1. The molecule has 0 radical (unpaired) electrons. The molecule has 24 heavy (non-hydrogen) atoms. The Kier molecular flexibility index (Phi) is 6.37. The highest BCUT2D eigenvalue weighted by Crippen LogP contribution is 2.23. The summed E-state index contributed by atoms with van der Waals surface area (Å²) in [5, 5.41) is 3.68. The highest BCUT2D eigenvalue weighted by Gasteiger charge is 2.15. The molecule has 0 amide bonds. The molecule has 0 heterocycles. The molecule has 2 aromatic carbocycles. The number of carbonyl (C=O) groups is 1. The van der Waals surface area contributed by atoms with Crippen LogP contribution in [0.4, 0.5) is 0 Å². The van der Waals surface area contributed by atoms with Gasteiger partial charge in [-0.25, -0.2) is 4.79 Å². The van der Waals surface area contributed by atoms with Gasteiger partial charge in [-0.15, -0.1) is 0 Å². The fourth-order valence-corrected chi connectivity index (χ4v) is 2.11. The molecule has 0 fully saturated rings. The van der Waals surface area contributed by atoms with E-state index in [4.69, 9.17) is 9.47 Å². The smallest absolute Gasteiger partial charge is 0.361 e. The highest BCUT2D eigenvalue weighted by atomic mass is 16.6. The summed E-state index contributed by atoms with van der Waals surface area (Å²) in [6.07, 6.45) is 0.425. The minimum Gasteiger partial charge on any atom is -0.488 e. The Labute approximate surface area is 141 Å². The number of rotatable bonds is 7. The molecule has 2 rings (SSSR count). The van der Waals surface area contributed by atoms with Crippen LogP contribution in [0.2, 0.25) is 0 Å². The van der Waals surface area contributed by atoms with Gasteiger partial charge < -0.3 is 14.3 Å². The van der Waals surface area contributed by atoms with Crippen molar-refractivity contribution >= 4 is 11.7 Å². The van der Waals surface area contributed by atoms with Crippen molar-refractivity contribution in [1.82, 2.24) is 0 Å². The van der Waals surface area contributed by atoms with Gasteiger partial charge in [0.05, 0.1) is 0 Å². The zero-order chi connectivity index (χ0) is 17.4. The number of oxime groups is 1. The van der Waals surface area contributed by atoms with Crippen molar-refractivity contribution in [3.05, 3.63) is 59.7 Å². The summed E-state index contributed by atoms with van der Waals surface area (Å²) in [6.45, 7) is 4.10. The van der Waals surface area contributed by atoms with Gasteiger partial charge in [-0.1, -0.05) is 48.5 Å². The molecule has 0 saturated carbocycles. The van der Waals surface area contributed by atoms with Crippen molar-refractivity contribution in [3.8, 4) is 11.5 Å². The van der Waals surface area contributed by atoms with E-state index in [1.807, 2.05) is 50.2 Å².